The third kappa shape index (κ3) is 5.13. The van der Waals surface area contributed by atoms with Crippen molar-refractivity contribution in [1.29, 1.82) is 0 Å². The lowest BCUT2D eigenvalue weighted by Gasteiger charge is -2.32. The van der Waals surface area contributed by atoms with Gasteiger partial charge in [-0.3, -0.25) is 0 Å². The van der Waals surface area contributed by atoms with E-state index in [0.717, 1.165) is 49.2 Å². The molecular formula is C18H28N2O3. The number of nitrogens with zero attached hydrogens (tertiary/aromatic N) is 1. The van der Waals surface area contributed by atoms with Gasteiger partial charge in [0.15, 0.2) is 0 Å². The van der Waals surface area contributed by atoms with Crippen molar-refractivity contribution < 1.29 is 14.6 Å². The Kier molecular flexibility index (Phi) is 6.71. The summed E-state index contributed by atoms with van der Waals surface area (Å²) >= 11 is 0. The van der Waals surface area contributed by atoms with Crippen LogP contribution in [0.15, 0.2) is 18.2 Å². The largest absolute Gasteiger partial charge is 0.491 e. The molecule has 1 aliphatic heterocycles. The molecule has 1 fully saturated rings. The molecule has 0 aliphatic carbocycles. The second kappa shape index (κ2) is 8.77. The fourth-order valence-corrected chi connectivity index (χ4v) is 2.93. The number of aryl methyl sites for hydroxylation is 1. The van der Waals surface area contributed by atoms with Crippen molar-refractivity contribution in [3.05, 3.63) is 23.8 Å². The molecule has 1 saturated heterocycles. The van der Waals surface area contributed by atoms with E-state index in [0.29, 0.717) is 19.1 Å². The first kappa shape index (κ1) is 17.6. The van der Waals surface area contributed by atoms with Gasteiger partial charge in [-0.05, 0) is 56.2 Å². The number of carbonyl (C=O) groups is 1. The number of nitrogens with one attached hydrogen (secondary N) is 1. The Labute approximate surface area is 138 Å². The molecule has 1 heterocycles. The highest BCUT2D eigenvalue weighted by atomic mass is 16.5. The molecule has 128 valence electrons. The minimum absolute atomic E-state index is 0.0853. The molecular weight excluding hydrogens is 292 g/mol. The molecule has 2 amide bonds. The molecule has 0 spiro atoms. The van der Waals surface area contributed by atoms with Crippen LogP contribution < -0.4 is 10.1 Å². The molecule has 5 heteroatoms. The molecule has 0 aromatic heterocycles. The number of hydrogen-bond acceptors (Lipinski definition) is 3. The minimum Gasteiger partial charge on any atom is -0.491 e. The Bertz CT molecular complexity index is 517. The standard InChI is InChI=1S/C18H28N2O3/c1-3-11-23-17-12-14(2)6-7-16(17)19-18(22)20-9-4-5-15(13-20)8-10-21/h6-7,12,15,21H,3-5,8-11,13H2,1-2H3,(H,19,22). The Morgan fingerprint density at radius 1 is 1.48 bits per heavy atom. The molecule has 1 atom stereocenters. The van der Waals surface area contributed by atoms with Gasteiger partial charge >= 0.3 is 6.03 Å². The van der Waals surface area contributed by atoms with Crippen molar-refractivity contribution in [1.82, 2.24) is 4.90 Å². The number of carbonyl (C=O) groups excluding carboxylic acids is 1. The van der Waals surface area contributed by atoms with Gasteiger partial charge in [0.05, 0.1) is 12.3 Å². The number of amides is 2. The lowest BCUT2D eigenvalue weighted by molar-refractivity contribution is 0.159. The monoisotopic (exact) mass is 320 g/mol. The quantitative estimate of drug-likeness (QED) is 0.844. The van der Waals surface area contributed by atoms with Crippen LogP contribution in [0.2, 0.25) is 0 Å². The van der Waals surface area contributed by atoms with E-state index < -0.39 is 0 Å². The van der Waals surface area contributed by atoms with Crippen molar-refractivity contribution in [2.75, 3.05) is 31.6 Å². The van der Waals surface area contributed by atoms with Crippen LogP contribution in [-0.4, -0.2) is 42.3 Å². The number of hydrogen-bond donors (Lipinski definition) is 2. The fourth-order valence-electron chi connectivity index (χ4n) is 2.93. The first-order chi connectivity index (χ1) is 11.1. The predicted molar refractivity (Wildman–Crippen MR) is 92.0 cm³/mol. The lowest BCUT2D eigenvalue weighted by Crippen LogP contribution is -2.42. The maximum Gasteiger partial charge on any atom is 0.321 e. The minimum atomic E-state index is -0.0853. The van der Waals surface area contributed by atoms with Gasteiger partial charge in [0, 0.05) is 19.7 Å². The highest BCUT2D eigenvalue weighted by Crippen LogP contribution is 2.27. The zero-order valence-corrected chi connectivity index (χ0v) is 14.2. The summed E-state index contributed by atoms with van der Waals surface area (Å²) in [6.07, 6.45) is 3.76. The highest BCUT2D eigenvalue weighted by Gasteiger charge is 2.23. The maximum atomic E-state index is 12.5. The van der Waals surface area contributed by atoms with E-state index in [9.17, 15) is 4.79 Å². The van der Waals surface area contributed by atoms with Gasteiger partial charge in [-0.25, -0.2) is 4.79 Å². The summed E-state index contributed by atoms with van der Waals surface area (Å²) in [5.74, 6) is 1.12. The molecule has 2 rings (SSSR count). The Hall–Kier alpha value is -1.75. The Morgan fingerprint density at radius 3 is 3.04 bits per heavy atom. The van der Waals surface area contributed by atoms with Crippen LogP contribution in [0.1, 0.15) is 38.2 Å². The number of aliphatic hydroxyl groups excluding tert-OH is 1. The van der Waals surface area contributed by atoms with Gasteiger partial charge in [-0.1, -0.05) is 13.0 Å². The molecule has 1 aromatic rings. The van der Waals surface area contributed by atoms with E-state index in [1.807, 2.05) is 30.0 Å². The molecule has 1 aliphatic rings. The highest BCUT2D eigenvalue weighted by molar-refractivity contribution is 5.91. The Morgan fingerprint density at radius 2 is 2.30 bits per heavy atom. The molecule has 1 aromatic carbocycles. The van der Waals surface area contributed by atoms with Crippen LogP contribution >= 0.6 is 0 Å². The number of ether oxygens (including phenoxy) is 1. The number of anilines is 1. The number of rotatable bonds is 6. The van der Waals surface area contributed by atoms with Gasteiger partial charge in [0.1, 0.15) is 5.75 Å². The number of piperidine rings is 1. The second-order valence-electron chi connectivity index (χ2n) is 6.24. The molecule has 2 N–H and O–H groups in total. The summed E-state index contributed by atoms with van der Waals surface area (Å²) in [5.41, 5.74) is 1.83. The van der Waals surface area contributed by atoms with Crippen LogP contribution in [0, 0.1) is 12.8 Å². The van der Waals surface area contributed by atoms with E-state index in [1.165, 1.54) is 0 Å². The van der Waals surface area contributed by atoms with Crippen molar-refractivity contribution >= 4 is 11.7 Å². The van der Waals surface area contributed by atoms with Crippen LogP contribution in [0.4, 0.5) is 10.5 Å². The number of aliphatic hydroxyl groups is 1. The van der Waals surface area contributed by atoms with Crippen molar-refractivity contribution in [2.45, 2.75) is 39.5 Å². The predicted octanol–water partition coefficient (Wildman–Crippen LogP) is 3.41. The molecule has 1 unspecified atom stereocenters. The van der Waals surface area contributed by atoms with Gasteiger partial charge in [0.25, 0.3) is 0 Å². The van der Waals surface area contributed by atoms with Crippen LogP contribution in [0.25, 0.3) is 0 Å². The summed E-state index contributed by atoms with van der Waals surface area (Å²) in [6.45, 7) is 6.37. The zero-order chi connectivity index (χ0) is 16.7. The van der Waals surface area contributed by atoms with E-state index >= 15 is 0 Å². The summed E-state index contributed by atoms with van der Waals surface area (Å²) < 4.78 is 5.75. The SMILES string of the molecule is CCCOc1cc(C)ccc1NC(=O)N1CCCC(CCO)C1. The second-order valence-corrected chi connectivity index (χ2v) is 6.24. The van der Waals surface area contributed by atoms with Crippen LogP contribution in [-0.2, 0) is 0 Å². The number of urea groups is 1. The number of likely N-dealkylation sites (tertiary alicyclic amines) is 1. The molecule has 0 bridgehead atoms. The molecule has 5 nitrogen and oxygen atoms in total. The first-order valence-corrected chi connectivity index (χ1v) is 8.54. The normalized spacial score (nSPS) is 17.9. The van der Waals surface area contributed by atoms with Crippen LogP contribution in [0.5, 0.6) is 5.75 Å². The summed E-state index contributed by atoms with van der Waals surface area (Å²) in [4.78, 5) is 14.4. The van der Waals surface area contributed by atoms with Crippen molar-refractivity contribution in [3.8, 4) is 5.75 Å². The van der Waals surface area contributed by atoms with E-state index in [1.54, 1.807) is 0 Å². The first-order valence-electron chi connectivity index (χ1n) is 8.54. The van der Waals surface area contributed by atoms with E-state index in [4.69, 9.17) is 9.84 Å². The molecule has 0 saturated carbocycles. The fraction of sp³-hybridized carbons (Fsp3) is 0.611. The maximum absolute atomic E-state index is 12.5. The van der Waals surface area contributed by atoms with E-state index in [-0.39, 0.29) is 12.6 Å². The van der Waals surface area contributed by atoms with E-state index in [2.05, 4.69) is 12.2 Å². The zero-order valence-electron chi connectivity index (χ0n) is 14.2. The van der Waals surface area contributed by atoms with Crippen molar-refractivity contribution in [3.63, 3.8) is 0 Å². The van der Waals surface area contributed by atoms with Gasteiger partial charge in [-0.2, -0.15) is 0 Å². The summed E-state index contributed by atoms with van der Waals surface area (Å²) in [7, 11) is 0. The topological polar surface area (TPSA) is 61.8 Å². The summed E-state index contributed by atoms with van der Waals surface area (Å²) in [6, 6.07) is 5.74. The number of benzene rings is 1. The molecule has 23 heavy (non-hydrogen) atoms. The third-order valence-corrected chi connectivity index (χ3v) is 4.18. The average Bonchev–Trinajstić information content (AvgIpc) is 2.55. The third-order valence-electron chi connectivity index (χ3n) is 4.18. The molecule has 0 radical (unpaired) electrons. The smallest absolute Gasteiger partial charge is 0.321 e. The van der Waals surface area contributed by atoms with Crippen LogP contribution in [0.3, 0.4) is 0 Å². The van der Waals surface area contributed by atoms with Gasteiger partial charge in [-0.15, -0.1) is 0 Å². The van der Waals surface area contributed by atoms with Crippen molar-refractivity contribution in [2.24, 2.45) is 5.92 Å². The van der Waals surface area contributed by atoms with Gasteiger partial charge in [0.2, 0.25) is 0 Å². The van der Waals surface area contributed by atoms with Gasteiger partial charge < -0.3 is 20.1 Å². The Balaban J connectivity index is 2.01. The lowest BCUT2D eigenvalue weighted by atomic mass is 9.95. The summed E-state index contributed by atoms with van der Waals surface area (Å²) in [5, 5.41) is 12.1. The average molecular weight is 320 g/mol.